The third kappa shape index (κ3) is 6.26. The van der Waals surface area contributed by atoms with Crippen LogP contribution in [0.1, 0.15) is 23.2 Å². The van der Waals surface area contributed by atoms with Crippen molar-refractivity contribution in [3.8, 4) is 5.75 Å². The number of nitrogens with zero attached hydrogens (tertiary/aromatic N) is 5. The summed E-state index contributed by atoms with van der Waals surface area (Å²) in [6, 6.07) is 11.0. The summed E-state index contributed by atoms with van der Waals surface area (Å²) in [5.41, 5.74) is 25.7. The fourth-order valence-corrected chi connectivity index (χ4v) is 5.75. The molecule has 44 heavy (non-hydrogen) atoms. The van der Waals surface area contributed by atoms with E-state index in [9.17, 15) is 14.7 Å². The summed E-state index contributed by atoms with van der Waals surface area (Å²) in [5, 5.41) is 16.9. The number of benzene rings is 2. The molecule has 0 unspecified atom stereocenters. The Morgan fingerprint density at radius 2 is 1.45 bits per heavy atom. The Hall–Kier alpha value is -4.83. The molecule has 4 aromatic rings. The van der Waals surface area contributed by atoms with Crippen LogP contribution in [0, 0.1) is 0 Å². The summed E-state index contributed by atoms with van der Waals surface area (Å²) in [6.07, 6.45) is 2.76. The molecule has 2 aliphatic heterocycles. The van der Waals surface area contributed by atoms with Gasteiger partial charge in [0.2, 0.25) is 23.3 Å². The van der Waals surface area contributed by atoms with Crippen molar-refractivity contribution < 1.29 is 9.90 Å². The first-order valence-corrected chi connectivity index (χ1v) is 14.4. The quantitative estimate of drug-likeness (QED) is 0.138. The van der Waals surface area contributed by atoms with Gasteiger partial charge in [0.05, 0.1) is 5.69 Å². The monoisotopic (exact) mass is 600 g/mol. The minimum atomic E-state index is -0.657. The number of aromatic nitrogens is 4. The van der Waals surface area contributed by atoms with E-state index in [0.29, 0.717) is 67.5 Å². The maximum absolute atomic E-state index is 12.9. The molecule has 230 valence electrons. The van der Waals surface area contributed by atoms with Gasteiger partial charge in [-0.1, -0.05) is 12.1 Å². The summed E-state index contributed by atoms with van der Waals surface area (Å²) in [4.78, 5) is 46.6. The first-order chi connectivity index (χ1) is 21.1. The highest BCUT2D eigenvalue weighted by atomic mass is 16.3. The topological polar surface area (TPSA) is 243 Å². The van der Waals surface area contributed by atoms with Gasteiger partial charge in [0.15, 0.2) is 0 Å². The SMILES string of the molecule is N[C@@H]1C[C@H](N)CN(c2nc(Nc3ccc(NC(=O)c4c[nH]c5ccccc5c4=O)c(O)c3)nc(N3C[C@H](N)C[C@H](N)C3)n2)C1. The van der Waals surface area contributed by atoms with Gasteiger partial charge in [-0.25, -0.2) is 0 Å². The Kier molecular flexibility index (Phi) is 8.01. The number of fused-ring (bicyclic) bond motifs is 1. The lowest BCUT2D eigenvalue weighted by molar-refractivity contribution is 0.102. The maximum Gasteiger partial charge on any atom is 0.261 e. The predicted molar refractivity (Wildman–Crippen MR) is 169 cm³/mol. The van der Waals surface area contributed by atoms with E-state index in [1.807, 2.05) is 9.80 Å². The minimum absolute atomic E-state index is 0.0788. The first kappa shape index (κ1) is 29.3. The number of H-pyrrole nitrogens is 1. The molecular weight excluding hydrogens is 564 g/mol. The molecule has 0 bridgehead atoms. The van der Waals surface area contributed by atoms with Crippen LogP contribution in [-0.4, -0.2) is 81.3 Å². The number of nitrogens with one attached hydrogen (secondary N) is 3. The molecule has 1 amide bonds. The van der Waals surface area contributed by atoms with Crippen LogP contribution in [0.25, 0.3) is 10.9 Å². The van der Waals surface area contributed by atoms with Crippen LogP contribution >= 0.6 is 0 Å². The summed E-state index contributed by atoms with van der Waals surface area (Å²) < 4.78 is 0. The van der Waals surface area contributed by atoms with Crippen molar-refractivity contribution in [2.75, 3.05) is 46.6 Å². The molecule has 15 heteroatoms. The Morgan fingerprint density at radius 3 is 2.05 bits per heavy atom. The number of nitrogens with two attached hydrogens (primary N) is 4. The summed E-state index contributed by atoms with van der Waals surface area (Å²) in [5.74, 6) is 0.157. The molecule has 0 spiro atoms. The number of amides is 1. The van der Waals surface area contributed by atoms with E-state index in [2.05, 4.69) is 25.6 Å². The number of hydrogen-bond donors (Lipinski definition) is 8. The van der Waals surface area contributed by atoms with E-state index in [4.69, 9.17) is 27.9 Å². The number of carbonyl (C=O) groups excluding carboxylic acids is 1. The number of phenols is 1. The van der Waals surface area contributed by atoms with Crippen LogP contribution < -0.4 is 48.8 Å². The predicted octanol–water partition coefficient (Wildman–Crippen LogP) is 0.144. The maximum atomic E-state index is 12.9. The third-order valence-corrected chi connectivity index (χ3v) is 7.74. The zero-order valence-electron chi connectivity index (χ0n) is 24.0. The summed E-state index contributed by atoms with van der Waals surface area (Å²) in [6.45, 7) is 2.13. The zero-order chi connectivity index (χ0) is 31.0. The number of para-hydroxylation sites is 1. The zero-order valence-corrected chi connectivity index (χ0v) is 24.0. The van der Waals surface area contributed by atoms with E-state index >= 15 is 0 Å². The summed E-state index contributed by atoms with van der Waals surface area (Å²) in [7, 11) is 0. The smallest absolute Gasteiger partial charge is 0.261 e. The number of phenolic OH excluding ortho intramolecular Hbond substituents is 1. The molecule has 2 saturated heterocycles. The second-order valence-electron chi connectivity index (χ2n) is 11.5. The Labute approximate surface area is 252 Å². The van der Waals surface area contributed by atoms with Gasteiger partial charge in [-0.3, -0.25) is 9.59 Å². The molecule has 4 atom stereocenters. The molecule has 2 aromatic carbocycles. The second-order valence-corrected chi connectivity index (χ2v) is 11.5. The van der Waals surface area contributed by atoms with Crippen LogP contribution in [0.2, 0.25) is 0 Å². The Balaban J connectivity index is 1.25. The van der Waals surface area contributed by atoms with Gasteiger partial charge in [-0.15, -0.1) is 0 Å². The largest absolute Gasteiger partial charge is 0.506 e. The molecule has 2 aromatic heterocycles. The van der Waals surface area contributed by atoms with Crippen LogP contribution in [0.3, 0.4) is 0 Å². The number of aromatic amines is 1. The number of aromatic hydroxyl groups is 1. The van der Waals surface area contributed by atoms with Crippen molar-refractivity contribution in [1.82, 2.24) is 19.9 Å². The normalized spacial score (nSPS) is 22.2. The number of anilines is 5. The van der Waals surface area contributed by atoms with E-state index in [0.717, 1.165) is 0 Å². The van der Waals surface area contributed by atoms with Gasteiger partial charge in [0.25, 0.3) is 5.91 Å². The molecule has 12 N–H and O–H groups in total. The molecule has 2 fully saturated rings. The molecular formula is C29H36N12O3. The summed E-state index contributed by atoms with van der Waals surface area (Å²) >= 11 is 0. The number of piperidine rings is 2. The van der Waals surface area contributed by atoms with Crippen molar-refractivity contribution in [2.24, 2.45) is 22.9 Å². The molecule has 0 aliphatic carbocycles. The molecule has 0 radical (unpaired) electrons. The Bertz CT molecular complexity index is 1680. The number of pyridine rings is 1. The average molecular weight is 601 g/mol. The highest BCUT2D eigenvalue weighted by molar-refractivity contribution is 6.06. The number of rotatable bonds is 6. The van der Waals surface area contributed by atoms with Crippen LogP contribution in [0.15, 0.2) is 53.5 Å². The van der Waals surface area contributed by atoms with Crippen molar-refractivity contribution in [3.63, 3.8) is 0 Å². The lowest BCUT2D eigenvalue weighted by atomic mass is 10.0. The highest BCUT2D eigenvalue weighted by Gasteiger charge is 2.29. The van der Waals surface area contributed by atoms with Gasteiger partial charge < -0.3 is 53.5 Å². The van der Waals surface area contributed by atoms with E-state index in [1.54, 1.807) is 30.3 Å². The molecule has 2 aliphatic rings. The molecule has 0 saturated carbocycles. The lowest BCUT2D eigenvalue weighted by Crippen LogP contribution is -2.54. The average Bonchev–Trinajstić information content (AvgIpc) is 2.98. The van der Waals surface area contributed by atoms with Gasteiger partial charge in [0, 0.05) is 79.2 Å². The fourth-order valence-electron chi connectivity index (χ4n) is 5.75. The molecule has 6 rings (SSSR count). The highest BCUT2D eigenvalue weighted by Crippen LogP contribution is 2.30. The third-order valence-electron chi connectivity index (χ3n) is 7.74. The van der Waals surface area contributed by atoms with Crippen molar-refractivity contribution in [1.29, 1.82) is 0 Å². The van der Waals surface area contributed by atoms with E-state index in [-0.39, 0.29) is 47.1 Å². The minimum Gasteiger partial charge on any atom is -0.506 e. The van der Waals surface area contributed by atoms with Crippen LogP contribution in [0.5, 0.6) is 5.75 Å². The van der Waals surface area contributed by atoms with Gasteiger partial charge in [-0.2, -0.15) is 15.0 Å². The van der Waals surface area contributed by atoms with E-state index in [1.165, 1.54) is 18.3 Å². The fraction of sp³-hybridized carbons (Fsp3) is 0.345. The Morgan fingerprint density at radius 1 is 0.864 bits per heavy atom. The number of carbonyl (C=O) groups is 1. The van der Waals surface area contributed by atoms with Crippen molar-refractivity contribution in [2.45, 2.75) is 37.0 Å². The van der Waals surface area contributed by atoms with Gasteiger partial charge in [0.1, 0.15) is 11.3 Å². The first-order valence-electron chi connectivity index (χ1n) is 14.4. The van der Waals surface area contributed by atoms with Crippen LogP contribution in [-0.2, 0) is 0 Å². The van der Waals surface area contributed by atoms with Crippen molar-refractivity contribution in [3.05, 3.63) is 64.4 Å². The molecule has 4 heterocycles. The molecule has 15 nitrogen and oxygen atoms in total. The van der Waals surface area contributed by atoms with Crippen LogP contribution in [0.4, 0.5) is 29.2 Å². The van der Waals surface area contributed by atoms with E-state index < -0.39 is 11.3 Å². The second kappa shape index (κ2) is 12.0. The lowest BCUT2D eigenvalue weighted by Gasteiger charge is -2.37. The standard InChI is InChI=1S/C29H36N12O3/c30-15-7-16(31)12-40(11-15)28-37-27(38-29(39-28)41-13-17(32)8-18(33)14-41)35-19-5-6-23(24(42)9-19)36-26(44)21-10-34-22-4-2-1-3-20(22)25(21)43/h1-6,9-10,15-18,42H,7-8,11-14,30-33H2,(H,34,43)(H,36,44)(H,35,37,38,39)/t15-,16+,17-,18+. The number of hydrogen-bond acceptors (Lipinski definition) is 13. The van der Waals surface area contributed by atoms with Crippen molar-refractivity contribution >= 4 is 46.0 Å². The van der Waals surface area contributed by atoms with Gasteiger partial charge >= 0.3 is 0 Å². The van der Waals surface area contributed by atoms with Gasteiger partial charge in [-0.05, 0) is 37.1 Å².